The molecule has 4 nitrogen and oxygen atoms in total. The lowest BCUT2D eigenvalue weighted by Gasteiger charge is -2.30. The van der Waals surface area contributed by atoms with Gasteiger partial charge in [0.25, 0.3) is 0 Å². The van der Waals surface area contributed by atoms with Gasteiger partial charge in [0.2, 0.25) is 5.91 Å². The number of hydrogen-bond donors (Lipinski definition) is 0. The van der Waals surface area contributed by atoms with Crippen LogP contribution in [0.4, 0.5) is 10.1 Å². The number of fused-ring (bicyclic) bond motifs is 2. The monoisotopic (exact) mass is 485 g/mol. The average molecular weight is 486 g/mol. The number of carbonyl (C=O) groups is 2. The lowest BCUT2D eigenvalue weighted by atomic mass is 9.87. The summed E-state index contributed by atoms with van der Waals surface area (Å²) >= 11 is 3.44. The van der Waals surface area contributed by atoms with Crippen molar-refractivity contribution < 1.29 is 18.7 Å². The first-order valence-corrected chi connectivity index (χ1v) is 11.3. The number of esters is 1. The summed E-state index contributed by atoms with van der Waals surface area (Å²) in [5.74, 6) is 0.144. The second-order valence-electron chi connectivity index (χ2n) is 8.43. The molecule has 0 aliphatic heterocycles. The fourth-order valence-corrected chi connectivity index (χ4v) is 5.16. The van der Waals surface area contributed by atoms with Crippen LogP contribution in [0.15, 0.2) is 53.0 Å². The third-order valence-electron chi connectivity index (χ3n) is 6.40. The summed E-state index contributed by atoms with van der Waals surface area (Å²) in [4.78, 5) is 26.8. The van der Waals surface area contributed by atoms with Gasteiger partial charge >= 0.3 is 5.97 Å². The molecule has 162 valence electrons. The highest BCUT2D eigenvalue weighted by Gasteiger charge is 2.44. The summed E-state index contributed by atoms with van der Waals surface area (Å²) in [6.07, 6.45) is 7.10. The van der Waals surface area contributed by atoms with E-state index in [9.17, 15) is 14.0 Å². The van der Waals surface area contributed by atoms with Gasteiger partial charge in [-0.1, -0.05) is 34.5 Å². The molecule has 2 fully saturated rings. The zero-order valence-corrected chi connectivity index (χ0v) is 19.0. The number of carbonyl (C=O) groups excluding carboxylic acids is 2. The summed E-state index contributed by atoms with van der Waals surface area (Å²) < 4.78 is 20.1. The molecule has 0 N–H and O–H groups in total. The maximum Gasteiger partial charge on any atom is 0.330 e. The van der Waals surface area contributed by atoms with E-state index in [1.54, 1.807) is 11.0 Å². The maximum atomic E-state index is 14.5. The van der Waals surface area contributed by atoms with Gasteiger partial charge < -0.3 is 9.64 Å². The van der Waals surface area contributed by atoms with Gasteiger partial charge in [-0.3, -0.25) is 4.79 Å². The molecule has 31 heavy (non-hydrogen) atoms. The largest absolute Gasteiger partial charge is 0.466 e. The second kappa shape index (κ2) is 9.35. The number of amides is 1. The van der Waals surface area contributed by atoms with Crippen molar-refractivity contribution in [3.05, 3.63) is 70.0 Å². The molecule has 1 amide bonds. The first-order chi connectivity index (χ1) is 14.9. The van der Waals surface area contributed by atoms with Crippen LogP contribution in [0.2, 0.25) is 0 Å². The lowest BCUT2D eigenvalue weighted by Crippen LogP contribution is -2.38. The number of anilines is 1. The van der Waals surface area contributed by atoms with Crippen LogP contribution in [-0.4, -0.2) is 19.0 Å². The highest BCUT2D eigenvalue weighted by molar-refractivity contribution is 9.10. The summed E-state index contributed by atoms with van der Waals surface area (Å²) in [7, 11) is 1.29. The fraction of sp³-hybridized carbons (Fsp3) is 0.360. The summed E-state index contributed by atoms with van der Waals surface area (Å²) in [5.41, 5.74) is 1.97. The van der Waals surface area contributed by atoms with Crippen LogP contribution in [0, 0.1) is 23.6 Å². The maximum absolute atomic E-state index is 14.5. The summed E-state index contributed by atoms with van der Waals surface area (Å²) in [6, 6.07) is 12.3. The van der Waals surface area contributed by atoms with Gasteiger partial charge in [-0.25, -0.2) is 9.18 Å². The predicted molar refractivity (Wildman–Crippen MR) is 122 cm³/mol. The Morgan fingerprint density at radius 2 is 1.94 bits per heavy atom. The Bertz CT molecular complexity index is 1000. The van der Waals surface area contributed by atoms with Crippen molar-refractivity contribution in [2.75, 3.05) is 12.0 Å². The Labute approximate surface area is 190 Å². The highest BCUT2D eigenvalue weighted by atomic mass is 79.9. The third-order valence-corrected chi connectivity index (χ3v) is 6.93. The van der Waals surface area contributed by atoms with Crippen LogP contribution in [0.1, 0.15) is 36.8 Å². The average Bonchev–Trinajstić information content (AvgIpc) is 3.40. The molecular weight excluding hydrogens is 461 g/mol. The zero-order chi connectivity index (χ0) is 22.0. The van der Waals surface area contributed by atoms with Crippen molar-refractivity contribution in [2.24, 2.45) is 17.8 Å². The van der Waals surface area contributed by atoms with Gasteiger partial charge in [-0.05, 0) is 78.6 Å². The fourth-order valence-electron chi connectivity index (χ4n) is 4.90. The van der Waals surface area contributed by atoms with Crippen LogP contribution in [0.25, 0.3) is 6.08 Å². The normalized spacial score (nSPS) is 22.1. The molecule has 2 bridgehead atoms. The SMILES string of the molecule is COC(=O)/C=C/c1cc(F)cc(N(Cc2ccc(Br)cc2)C(=O)C2CC3CCC2C3)c1. The molecule has 2 aromatic carbocycles. The first-order valence-electron chi connectivity index (χ1n) is 10.6. The number of rotatable bonds is 6. The minimum absolute atomic E-state index is 0.00785. The van der Waals surface area contributed by atoms with E-state index in [4.69, 9.17) is 0 Å². The minimum atomic E-state index is -0.518. The molecule has 3 unspecified atom stereocenters. The molecule has 2 saturated carbocycles. The standard InChI is InChI=1S/C25H25BrFNO3/c1-31-24(29)9-5-18-11-21(27)14-22(12-18)28(15-16-3-7-20(26)8-4-16)25(30)23-13-17-2-6-19(23)10-17/h3-5,7-9,11-12,14,17,19,23H,2,6,10,13,15H2,1H3/b9-5+. The second-order valence-corrected chi connectivity index (χ2v) is 9.35. The smallest absolute Gasteiger partial charge is 0.330 e. The Morgan fingerprint density at radius 1 is 1.16 bits per heavy atom. The van der Waals surface area contributed by atoms with Crippen molar-refractivity contribution in [1.29, 1.82) is 0 Å². The Morgan fingerprint density at radius 3 is 2.58 bits per heavy atom. The molecule has 2 aromatic rings. The van der Waals surface area contributed by atoms with Crippen molar-refractivity contribution in [2.45, 2.75) is 32.2 Å². The molecule has 2 aliphatic rings. The van der Waals surface area contributed by atoms with E-state index in [0.29, 0.717) is 29.6 Å². The molecule has 0 heterocycles. The Kier molecular flexibility index (Phi) is 6.56. The van der Waals surface area contributed by atoms with E-state index >= 15 is 0 Å². The van der Waals surface area contributed by atoms with E-state index in [1.807, 2.05) is 24.3 Å². The topological polar surface area (TPSA) is 46.6 Å². The number of nitrogens with zero attached hydrogens (tertiary/aromatic N) is 1. The quantitative estimate of drug-likeness (QED) is 0.386. The van der Waals surface area contributed by atoms with Gasteiger partial charge in [-0.15, -0.1) is 0 Å². The van der Waals surface area contributed by atoms with E-state index in [-0.39, 0.29) is 11.8 Å². The Balaban J connectivity index is 1.67. The summed E-state index contributed by atoms with van der Waals surface area (Å²) in [6.45, 7) is 0.365. The van der Waals surface area contributed by atoms with Crippen LogP contribution >= 0.6 is 15.9 Å². The molecule has 0 aromatic heterocycles. The van der Waals surface area contributed by atoms with Crippen molar-refractivity contribution in [3.63, 3.8) is 0 Å². The molecule has 3 atom stereocenters. The van der Waals surface area contributed by atoms with Crippen LogP contribution in [0.3, 0.4) is 0 Å². The molecular formula is C25H25BrFNO3. The van der Waals surface area contributed by atoms with Crippen LogP contribution in [0.5, 0.6) is 0 Å². The highest BCUT2D eigenvalue weighted by Crippen LogP contribution is 2.49. The number of halogens is 2. The number of methoxy groups -OCH3 is 1. The van der Waals surface area contributed by atoms with Crippen LogP contribution < -0.4 is 4.90 Å². The van der Waals surface area contributed by atoms with Crippen molar-refractivity contribution in [3.8, 4) is 0 Å². The number of ether oxygens (including phenoxy) is 1. The van der Waals surface area contributed by atoms with E-state index in [2.05, 4.69) is 20.7 Å². The van der Waals surface area contributed by atoms with Gasteiger partial charge in [0.15, 0.2) is 0 Å². The molecule has 6 heteroatoms. The first kappa shape index (κ1) is 21.8. The summed E-state index contributed by atoms with van der Waals surface area (Å²) in [5, 5.41) is 0. The third kappa shape index (κ3) is 5.06. The zero-order valence-electron chi connectivity index (χ0n) is 17.4. The van der Waals surface area contributed by atoms with Gasteiger partial charge in [0.1, 0.15) is 5.82 Å². The molecule has 2 aliphatic carbocycles. The molecule has 4 rings (SSSR count). The van der Waals surface area contributed by atoms with Gasteiger partial charge in [-0.2, -0.15) is 0 Å². The number of hydrogen-bond acceptors (Lipinski definition) is 3. The number of benzene rings is 2. The lowest BCUT2D eigenvalue weighted by molar-refractivity contribution is -0.134. The predicted octanol–water partition coefficient (Wildman–Crippen LogP) is 5.74. The minimum Gasteiger partial charge on any atom is -0.466 e. The van der Waals surface area contributed by atoms with E-state index in [1.165, 1.54) is 37.8 Å². The Hall–Kier alpha value is -2.47. The molecule has 0 saturated heterocycles. The molecule has 0 spiro atoms. The van der Waals surface area contributed by atoms with Crippen LogP contribution in [-0.2, 0) is 20.9 Å². The van der Waals surface area contributed by atoms with Gasteiger partial charge in [0, 0.05) is 22.2 Å². The van der Waals surface area contributed by atoms with Gasteiger partial charge in [0.05, 0.1) is 13.7 Å². The van der Waals surface area contributed by atoms with Crippen molar-refractivity contribution in [1.82, 2.24) is 0 Å². The van der Waals surface area contributed by atoms with Crippen molar-refractivity contribution >= 4 is 39.6 Å². The van der Waals surface area contributed by atoms with E-state index < -0.39 is 11.8 Å². The molecule has 0 radical (unpaired) electrons. The van der Waals surface area contributed by atoms with E-state index in [0.717, 1.165) is 29.3 Å².